The van der Waals surface area contributed by atoms with Crippen molar-refractivity contribution in [1.82, 2.24) is 4.57 Å². The molecule has 24 heavy (non-hydrogen) atoms. The van der Waals surface area contributed by atoms with Gasteiger partial charge in [-0.25, -0.2) is 8.42 Å². The fourth-order valence-electron chi connectivity index (χ4n) is 2.21. The van der Waals surface area contributed by atoms with Gasteiger partial charge in [0.2, 0.25) is 0 Å². The smallest absolute Gasteiger partial charge is 0.279 e. The molecule has 0 spiro atoms. The Labute approximate surface area is 151 Å². The Hall–Kier alpha value is -1.77. The molecule has 0 fully saturated rings. The Morgan fingerprint density at radius 3 is 2.46 bits per heavy atom. The van der Waals surface area contributed by atoms with E-state index in [4.69, 9.17) is 0 Å². The molecule has 3 rings (SSSR count). The van der Waals surface area contributed by atoms with Crippen LogP contribution < -0.4 is 4.80 Å². The lowest BCUT2D eigenvalue weighted by atomic mass is 10.2. The predicted octanol–water partition coefficient (Wildman–Crippen LogP) is 3.15. The van der Waals surface area contributed by atoms with Crippen molar-refractivity contribution in [2.75, 3.05) is 6.26 Å². The molecule has 0 aliphatic heterocycles. The van der Waals surface area contributed by atoms with Crippen molar-refractivity contribution < 1.29 is 13.2 Å². The number of sulfone groups is 1. The Morgan fingerprint density at radius 2 is 1.83 bits per heavy atom. The number of carbonyl (C=O) groups is 1. The van der Waals surface area contributed by atoms with E-state index in [9.17, 15) is 13.2 Å². The van der Waals surface area contributed by atoms with Crippen molar-refractivity contribution >= 4 is 53.2 Å². The van der Waals surface area contributed by atoms with Crippen LogP contribution in [0.2, 0.25) is 0 Å². The lowest BCUT2D eigenvalue weighted by Gasteiger charge is -1.99. The van der Waals surface area contributed by atoms with Crippen LogP contribution in [0.1, 0.15) is 10.4 Å². The van der Waals surface area contributed by atoms with Gasteiger partial charge >= 0.3 is 0 Å². The number of nitrogens with zero attached hydrogens (tertiary/aromatic N) is 2. The molecule has 8 heteroatoms. The van der Waals surface area contributed by atoms with Gasteiger partial charge < -0.3 is 4.57 Å². The summed E-state index contributed by atoms with van der Waals surface area (Å²) in [6.07, 6.45) is 1.13. The minimum absolute atomic E-state index is 0.177. The van der Waals surface area contributed by atoms with Gasteiger partial charge in [0, 0.05) is 23.3 Å². The first kappa shape index (κ1) is 17.1. The van der Waals surface area contributed by atoms with E-state index in [1.807, 2.05) is 29.8 Å². The van der Waals surface area contributed by atoms with Crippen molar-refractivity contribution in [1.29, 1.82) is 0 Å². The molecule has 124 valence electrons. The molecule has 0 radical (unpaired) electrons. The van der Waals surface area contributed by atoms with Gasteiger partial charge in [-0.15, -0.1) is 0 Å². The highest BCUT2D eigenvalue weighted by molar-refractivity contribution is 9.10. The van der Waals surface area contributed by atoms with E-state index < -0.39 is 15.7 Å². The van der Waals surface area contributed by atoms with Gasteiger partial charge in [-0.3, -0.25) is 4.79 Å². The van der Waals surface area contributed by atoms with Crippen LogP contribution in [0.3, 0.4) is 0 Å². The third kappa shape index (κ3) is 3.35. The van der Waals surface area contributed by atoms with Crippen molar-refractivity contribution in [3.63, 3.8) is 0 Å². The molecule has 1 aromatic heterocycles. The number of aromatic nitrogens is 1. The van der Waals surface area contributed by atoms with E-state index in [-0.39, 0.29) is 4.90 Å². The molecule has 0 atom stereocenters. The Balaban J connectivity index is 2.02. The summed E-state index contributed by atoms with van der Waals surface area (Å²) in [5.41, 5.74) is 1.34. The van der Waals surface area contributed by atoms with Crippen LogP contribution in [0.5, 0.6) is 0 Å². The number of hydrogen-bond donors (Lipinski definition) is 0. The molecule has 1 heterocycles. The molecule has 0 saturated carbocycles. The second kappa shape index (κ2) is 6.27. The molecule has 3 aromatic rings. The van der Waals surface area contributed by atoms with E-state index in [2.05, 4.69) is 20.9 Å². The average Bonchev–Trinajstić information content (AvgIpc) is 2.82. The third-order valence-electron chi connectivity index (χ3n) is 3.50. The SMILES string of the molecule is Cn1c(=NC(=O)c2ccc(S(C)(=O)=O)cc2)sc2cc(Br)ccc21. The zero-order valence-corrected chi connectivity index (χ0v) is 16.1. The second-order valence-electron chi connectivity index (χ2n) is 5.27. The Bertz CT molecular complexity index is 1110. The van der Waals surface area contributed by atoms with Crippen LogP contribution in [0, 0.1) is 0 Å². The Morgan fingerprint density at radius 1 is 1.17 bits per heavy atom. The van der Waals surface area contributed by atoms with E-state index in [0.29, 0.717) is 10.4 Å². The maximum Gasteiger partial charge on any atom is 0.279 e. The van der Waals surface area contributed by atoms with E-state index in [1.54, 1.807) is 0 Å². The number of fused-ring (bicyclic) bond motifs is 1. The molecule has 0 bridgehead atoms. The highest BCUT2D eigenvalue weighted by Gasteiger charge is 2.10. The second-order valence-corrected chi connectivity index (χ2v) is 9.21. The van der Waals surface area contributed by atoms with Crippen molar-refractivity contribution in [3.05, 3.63) is 57.3 Å². The summed E-state index contributed by atoms with van der Waals surface area (Å²) >= 11 is 4.85. The van der Waals surface area contributed by atoms with Gasteiger partial charge in [-0.1, -0.05) is 27.3 Å². The lowest BCUT2D eigenvalue weighted by molar-refractivity contribution is 0.0998. The van der Waals surface area contributed by atoms with Gasteiger partial charge in [0.15, 0.2) is 14.6 Å². The third-order valence-corrected chi connectivity index (χ3v) is 6.21. The fourth-order valence-corrected chi connectivity index (χ4v) is 4.41. The molecule has 0 saturated heterocycles. The summed E-state index contributed by atoms with van der Waals surface area (Å²) in [5.74, 6) is -0.406. The minimum Gasteiger partial charge on any atom is -0.319 e. The summed E-state index contributed by atoms with van der Waals surface area (Å²) in [7, 11) is -1.43. The van der Waals surface area contributed by atoms with Crippen molar-refractivity contribution in [2.24, 2.45) is 12.0 Å². The fraction of sp³-hybridized carbons (Fsp3) is 0.125. The molecule has 0 unspecified atom stereocenters. The summed E-state index contributed by atoms with van der Waals surface area (Å²) in [6, 6.07) is 11.7. The number of amides is 1. The number of aryl methyl sites for hydroxylation is 1. The van der Waals surface area contributed by atoms with Gasteiger partial charge in [0.1, 0.15) is 0 Å². The Kier molecular flexibility index (Phi) is 4.46. The van der Waals surface area contributed by atoms with E-state index in [1.165, 1.54) is 35.6 Å². The normalized spacial score (nSPS) is 12.7. The number of benzene rings is 2. The molecule has 2 aromatic carbocycles. The lowest BCUT2D eigenvalue weighted by Crippen LogP contribution is -2.13. The van der Waals surface area contributed by atoms with Crippen LogP contribution in [0.25, 0.3) is 10.2 Å². The highest BCUT2D eigenvalue weighted by atomic mass is 79.9. The zero-order chi connectivity index (χ0) is 17.5. The molecule has 5 nitrogen and oxygen atoms in total. The molecule has 0 aliphatic carbocycles. The monoisotopic (exact) mass is 424 g/mol. The largest absolute Gasteiger partial charge is 0.319 e. The number of rotatable bonds is 2. The standard InChI is InChI=1S/C16H13BrN2O3S2/c1-19-13-8-5-11(17)9-14(13)23-16(19)18-15(20)10-3-6-12(7-4-10)24(2,21)22/h3-9H,1-2H3. The molecular weight excluding hydrogens is 412 g/mol. The molecular formula is C16H13BrN2O3S2. The van der Waals surface area contributed by atoms with E-state index in [0.717, 1.165) is 20.9 Å². The zero-order valence-electron chi connectivity index (χ0n) is 12.9. The van der Waals surface area contributed by atoms with Crippen LogP contribution in [0.4, 0.5) is 0 Å². The maximum absolute atomic E-state index is 12.3. The predicted molar refractivity (Wildman–Crippen MR) is 97.9 cm³/mol. The van der Waals surface area contributed by atoms with Crippen LogP contribution in [-0.4, -0.2) is 25.1 Å². The summed E-state index contributed by atoms with van der Waals surface area (Å²) in [4.78, 5) is 17.3. The summed E-state index contributed by atoms with van der Waals surface area (Å²) < 4.78 is 26.8. The van der Waals surface area contributed by atoms with Gasteiger partial charge in [-0.2, -0.15) is 4.99 Å². The first-order valence-corrected chi connectivity index (χ1v) is 10.4. The quantitative estimate of drug-likeness (QED) is 0.634. The number of halogens is 1. The molecule has 0 aliphatic rings. The number of thiazole rings is 1. The summed E-state index contributed by atoms with van der Waals surface area (Å²) in [6.45, 7) is 0. The summed E-state index contributed by atoms with van der Waals surface area (Å²) in [5, 5.41) is 0. The van der Waals surface area contributed by atoms with Gasteiger partial charge in [0.25, 0.3) is 5.91 Å². The number of carbonyl (C=O) groups excluding carboxylic acids is 1. The minimum atomic E-state index is -3.28. The average molecular weight is 425 g/mol. The van der Waals surface area contributed by atoms with Gasteiger partial charge in [-0.05, 0) is 42.5 Å². The van der Waals surface area contributed by atoms with Crippen molar-refractivity contribution in [3.8, 4) is 0 Å². The first-order valence-electron chi connectivity index (χ1n) is 6.90. The molecule has 0 N–H and O–H groups in total. The maximum atomic E-state index is 12.3. The van der Waals surface area contributed by atoms with Crippen LogP contribution in [-0.2, 0) is 16.9 Å². The molecule has 1 amide bonds. The van der Waals surface area contributed by atoms with Crippen LogP contribution in [0.15, 0.2) is 56.8 Å². The van der Waals surface area contributed by atoms with Gasteiger partial charge in [0.05, 0.1) is 15.1 Å². The van der Waals surface area contributed by atoms with E-state index >= 15 is 0 Å². The van der Waals surface area contributed by atoms with Crippen molar-refractivity contribution in [2.45, 2.75) is 4.90 Å². The highest BCUT2D eigenvalue weighted by Crippen LogP contribution is 2.21. The van der Waals surface area contributed by atoms with Crippen LogP contribution >= 0.6 is 27.3 Å². The number of hydrogen-bond acceptors (Lipinski definition) is 4. The topological polar surface area (TPSA) is 68.5 Å². The first-order chi connectivity index (χ1) is 11.3.